The van der Waals surface area contributed by atoms with Crippen LogP contribution >= 0.6 is 23.2 Å². The molecule has 9 heteroatoms. The third kappa shape index (κ3) is 6.23. The van der Waals surface area contributed by atoms with E-state index in [4.69, 9.17) is 32.7 Å². The lowest BCUT2D eigenvalue weighted by molar-refractivity contribution is 0.101. The van der Waals surface area contributed by atoms with Gasteiger partial charge in [0.15, 0.2) is 0 Å². The molecule has 3 aromatic carbocycles. The first-order valence-corrected chi connectivity index (χ1v) is 10.2. The quantitative estimate of drug-likeness (QED) is 0.337. The van der Waals surface area contributed by atoms with Crippen LogP contribution < -0.4 is 15.4 Å². The number of carbonyl (C=O) groups is 3. The summed E-state index contributed by atoms with van der Waals surface area (Å²) in [5.74, 6) is -0.491. The maximum Gasteiger partial charge on any atom is 0.513 e. The number of amides is 2. The van der Waals surface area contributed by atoms with Crippen molar-refractivity contribution >= 4 is 52.5 Å². The molecule has 0 heterocycles. The van der Waals surface area contributed by atoms with Crippen LogP contribution in [0.5, 0.6) is 5.75 Å². The topological polar surface area (TPSA) is 93.7 Å². The summed E-state index contributed by atoms with van der Waals surface area (Å²) in [6.45, 7) is 1.88. The van der Waals surface area contributed by atoms with E-state index in [1.165, 1.54) is 30.3 Å². The van der Waals surface area contributed by atoms with E-state index < -0.39 is 12.1 Å². The van der Waals surface area contributed by atoms with Gasteiger partial charge in [-0.05, 0) is 73.7 Å². The molecule has 0 saturated carbocycles. The molecule has 0 aliphatic heterocycles. The molecule has 7 nitrogen and oxygen atoms in total. The molecule has 2 N–H and O–H groups in total. The Bertz CT molecular complexity index is 1130. The summed E-state index contributed by atoms with van der Waals surface area (Å²) in [5.41, 5.74) is 1.67. The van der Waals surface area contributed by atoms with Gasteiger partial charge in [-0.1, -0.05) is 23.2 Å². The first kappa shape index (κ1) is 23.1. The van der Waals surface area contributed by atoms with Gasteiger partial charge in [-0.15, -0.1) is 0 Å². The van der Waals surface area contributed by atoms with E-state index >= 15 is 0 Å². The minimum Gasteiger partial charge on any atom is -0.434 e. The Morgan fingerprint density at radius 1 is 0.812 bits per heavy atom. The third-order valence-electron chi connectivity index (χ3n) is 4.15. The van der Waals surface area contributed by atoms with Gasteiger partial charge < -0.3 is 20.1 Å². The zero-order valence-electron chi connectivity index (χ0n) is 16.9. The van der Waals surface area contributed by atoms with E-state index in [1.54, 1.807) is 43.3 Å². The average molecular weight is 473 g/mol. The van der Waals surface area contributed by atoms with Crippen molar-refractivity contribution in [1.82, 2.24) is 0 Å². The van der Waals surface area contributed by atoms with Crippen molar-refractivity contribution in [2.24, 2.45) is 0 Å². The number of hydrogen-bond acceptors (Lipinski definition) is 5. The lowest BCUT2D eigenvalue weighted by atomic mass is 10.2. The predicted octanol–water partition coefficient (Wildman–Crippen LogP) is 6.03. The molecule has 0 aliphatic carbocycles. The van der Waals surface area contributed by atoms with Gasteiger partial charge in [0.1, 0.15) is 5.75 Å². The van der Waals surface area contributed by atoms with Crippen LogP contribution in [0.2, 0.25) is 10.0 Å². The molecule has 0 aromatic heterocycles. The number of nitrogens with one attached hydrogen (secondary N) is 2. The summed E-state index contributed by atoms with van der Waals surface area (Å²) in [6, 6.07) is 17.2. The van der Waals surface area contributed by atoms with E-state index in [9.17, 15) is 14.4 Å². The second kappa shape index (κ2) is 10.7. The largest absolute Gasteiger partial charge is 0.513 e. The molecule has 0 saturated heterocycles. The highest BCUT2D eigenvalue weighted by atomic mass is 35.5. The number of rotatable bonds is 6. The highest BCUT2D eigenvalue weighted by molar-refractivity contribution is 6.36. The summed E-state index contributed by atoms with van der Waals surface area (Å²) < 4.78 is 9.65. The Labute approximate surface area is 194 Å². The Kier molecular flexibility index (Phi) is 7.70. The fourth-order valence-corrected chi connectivity index (χ4v) is 3.00. The Morgan fingerprint density at radius 3 is 2.00 bits per heavy atom. The fraction of sp³-hybridized carbons (Fsp3) is 0.0870. The van der Waals surface area contributed by atoms with Crippen LogP contribution in [0.1, 0.15) is 27.6 Å². The monoisotopic (exact) mass is 472 g/mol. The van der Waals surface area contributed by atoms with Crippen LogP contribution in [0, 0.1) is 0 Å². The molecular weight excluding hydrogens is 455 g/mol. The molecule has 3 aromatic rings. The van der Waals surface area contributed by atoms with Crippen molar-refractivity contribution in [2.45, 2.75) is 6.92 Å². The van der Waals surface area contributed by atoms with Crippen LogP contribution in [0.4, 0.5) is 16.2 Å². The second-order valence-electron chi connectivity index (χ2n) is 6.42. The maximum absolute atomic E-state index is 12.4. The van der Waals surface area contributed by atoms with Gasteiger partial charge in [0.2, 0.25) is 0 Å². The van der Waals surface area contributed by atoms with Crippen molar-refractivity contribution in [3.05, 3.63) is 87.9 Å². The Balaban J connectivity index is 1.59. The van der Waals surface area contributed by atoms with Gasteiger partial charge in [0, 0.05) is 22.0 Å². The van der Waals surface area contributed by atoms with Crippen LogP contribution in [-0.4, -0.2) is 24.6 Å². The van der Waals surface area contributed by atoms with Crippen molar-refractivity contribution < 1.29 is 23.9 Å². The first-order chi connectivity index (χ1) is 15.4. The summed E-state index contributed by atoms with van der Waals surface area (Å²) in [6.07, 6.45) is -0.811. The number of benzene rings is 3. The van der Waals surface area contributed by atoms with E-state index in [1.807, 2.05) is 0 Å². The summed E-state index contributed by atoms with van der Waals surface area (Å²) in [7, 11) is 0. The molecule has 0 radical (unpaired) electrons. The maximum atomic E-state index is 12.4. The number of hydrogen-bond donors (Lipinski definition) is 2. The molecule has 164 valence electrons. The average Bonchev–Trinajstić information content (AvgIpc) is 2.77. The van der Waals surface area contributed by atoms with Crippen molar-refractivity contribution in [3.63, 3.8) is 0 Å². The normalized spacial score (nSPS) is 10.2. The van der Waals surface area contributed by atoms with Gasteiger partial charge in [0.05, 0.1) is 17.2 Å². The second-order valence-corrected chi connectivity index (χ2v) is 7.26. The molecule has 0 atom stereocenters. The number of ether oxygens (including phenoxy) is 2. The predicted molar refractivity (Wildman–Crippen MR) is 123 cm³/mol. The van der Waals surface area contributed by atoms with Crippen LogP contribution in [0.25, 0.3) is 0 Å². The minimum atomic E-state index is -0.811. The van der Waals surface area contributed by atoms with Crippen molar-refractivity contribution in [1.29, 1.82) is 0 Å². The zero-order chi connectivity index (χ0) is 23.1. The molecule has 32 heavy (non-hydrogen) atoms. The first-order valence-electron chi connectivity index (χ1n) is 9.48. The summed E-state index contributed by atoms with van der Waals surface area (Å²) in [5, 5.41) is 6.16. The van der Waals surface area contributed by atoms with Crippen molar-refractivity contribution in [3.8, 4) is 5.75 Å². The minimum absolute atomic E-state index is 0.205. The van der Waals surface area contributed by atoms with Gasteiger partial charge >= 0.3 is 6.16 Å². The summed E-state index contributed by atoms with van der Waals surface area (Å²) >= 11 is 12.0. The fourth-order valence-electron chi connectivity index (χ4n) is 2.63. The van der Waals surface area contributed by atoms with E-state index in [0.29, 0.717) is 22.0 Å². The van der Waals surface area contributed by atoms with Gasteiger partial charge in [-0.3, -0.25) is 9.59 Å². The van der Waals surface area contributed by atoms with Crippen LogP contribution in [0.3, 0.4) is 0 Å². The van der Waals surface area contributed by atoms with Crippen LogP contribution in [0.15, 0.2) is 66.7 Å². The highest BCUT2D eigenvalue weighted by Gasteiger charge is 2.12. The molecule has 0 fully saturated rings. The van der Waals surface area contributed by atoms with Gasteiger partial charge in [-0.25, -0.2) is 4.79 Å². The smallest absolute Gasteiger partial charge is 0.434 e. The lowest BCUT2D eigenvalue weighted by Gasteiger charge is -2.09. The third-order valence-corrected chi connectivity index (χ3v) is 4.72. The van der Waals surface area contributed by atoms with Crippen molar-refractivity contribution in [2.75, 3.05) is 17.2 Å². The van der Waals surface area contributed by atoms with E-state index in [0.717, 1.165) is 0 Å². The Morgan fingerprint density at radius 2 is 1.41 bits per heavy atom. The van der Waals surface area contributed by atoms with Gasteiger partial charge in [-0.2, -0.15) is 0 Å². The number of carbonyl (C=O) groups excluding carboxylic acids is 3. The zero-order valence-corrected chi connectivity index (χ0v) is 18.4. The molecule has 2 amide bonds. The SMILES string of the molecule is CCOC(=O)Oc1ccc(C(=O)Nc2ccc(NC(=O)c3cc(Cl)ccc3Cl)cc2)cc1. The molecular formula is C23H18Cl2N2O5. The molecule has 0 bridgehead atoms. The number of halogens is 2. The lowest BCUT2D eigenvalue weighted by Crippen LogP contribution is -2.14. The highest BCUT2D eigenvalue weighted by Crippen LogP contribution is 2.23. The summed E-state index contributed by atoms with van der Waals surface area (Å²) in [4.78, 5) is 36.1. The van der Waals surface area contributed by atoms with E-state index in [-0.39, 0.29) is 28.8 Å². The number of anilines is 2. The molecule has 0 unspecified atom stereocenters. The molecule has 0 spiro atoms. The van der Waals surface area contributed by atoms with E-state index in [2.05, 4.69) is 10.6 Å². The standard InChI is InChI=1S/C23H18Cl2N2O5/c1-2-31-23(30)32-18-10-3-14(4-11-18)21(28)26-16-6-8-17(9-7-16)27-22(29)19-13-15(24)5-12-20(19)25/h3-13H,2H2,1H3,(H,26,28)(H,27,29). The Hall–Kier alpha value is -3.55. The molecule has 3 rings (SSSR count). The van der Waals surface area contributed by atoms with Gasteiger partial charge in [0.25, 0.3) is 11.8 Å². The van der Waals surface area contributed by atoms with Crippen LogP contribution in [-0.2, 0) is 4.74 Å². The molecule has 0 aliphatic rings.